The second-order valence-corrected chi connectivity index (χ2v) is 9.65. The fourth-order valence-electron chi connectivity index (χ4n) is 3.16. The molecule has 0 fully saturated rings. The van der Waals surface area contributed by atoms with Crippen molar-refractivity contribution in [2.75, 3.05) is 26.4 Å². The Morgan fingerprint density at radius 2 is 0.909 bits per heavy atom. The average molecular weight is 556 g/mol. The lowest BCUT2D eigenvalue weighted by Gasteiger charge is -2.19. The summed E-state index contributed by atoms with van der Waals surface area (Å²) in [6.07, 6.45) is 0.274. The number of halogens is 4. The summed E-state index contributed by atoms with van der Waals surface area (Å²) in [5.41, 5.74) is 1.71. The van der Waals surface area contributed by atoms with Crippen LogP contribution in [0.2, 0.25) is 20.1 Å². The molecule has 2 aromatic carbocycles. The van der Waals surface area contributed by atoms with Gasteiger partial charge in [0.15, 0.2) is 12.6 Å². The van der Waals surface area contributed by atoms with E-state index in [1.807, 2.05) is 52.0 Å². The van der Waals surface area contributed by atoms with Crippen LogP contribution in [0.5, 0.6) is 0 Å². The molecule has 0 unspecified atom stereocenters. The molecule has 0 heterocycles. The van der Waals surface area contributed by atoms with Gasteiger partial charge in [-0.05, 0) is 63.1 Å². The highest BCUT2D eigenvalue weighted by molar-refractivity contribution is 7.99. The lowest BCUT2D eigenvalue weighted by Crippen LogP contribution is -2.20. The van der Waals surface area contributed by atoms with Crippen LogP contribution in [-0.4, -0.2) is 39.0 Å². The predicted octanol–water partition coefficient (Wildman–Crippen LogP) is 8.33. The first kappa shape index (κ1) is 29.0. The molecule has 0 aliphatic heterocycles. The molecule has 0 spiro atoms. The molecule has 0 aliphatic carbocycles. The molecule has 184 valence electrons. The predicted molar refractivity (Wildman–Crippen MR) is 139 cm³/mol. The van der Waals surface area contributed by atoms with Crippen LogP contribution in [0, 0.1) is 0 Å². The third-order valence-electron chi connectivity index (χ3n) is 4.61. The van der Waals surface area contributed by atoms with Crippen LogP contribution in [0.3, 0.4) is 0 Å². The fourth-order valence-corrected chi connectivity index (χ4v) is 5.28. The third kappa shape index (κ3) is 9.06. The van der Waals surface area contributed by atoms with Gasteiger partial charge >= 0.3 is 0 Å². The molecule has 9 heteroatoms. The zero-order chi connectivity index (χ0) is 24.4. The van der Waals surface area contributed by atoms with E-state index in [0.717, 1.165) is 20.9 Å². The SMILES string of the molecule is CCOC(Cc1cc(Cl)c(Sc2cc(Cl)c(CC(OCC)OCC)cc2Cl)cc1Cl)OCC. The van der Waals surface area contributed by atoms with E-state index in [9.17, 15) is 0 Å². The van der Waals surface area contributed by atoms with E-state index in [1.54, 1.807) is 0 Å². The number of ether oxygens (including phenoxy) is 4. The van der Waals surface area contributed by atoms with E-state index < -0.39 is 0 Å². The van der Waals surface area contributed by atoms with Crippen molar-refractivity contribution in [3.05, 3.63) is 55.5 Å². The number of hydrogen-bond acceptors (Lipinski definition) is 5. The molecule has 2 rings (SSSR count). The fraction of sp³-hybridized carbons (Fsp3) is 0.500. The summed E-state index contributed by atoms with van der Waals surface area (Å²) in [7, 11) is 0. The summed E-state index contributed by atoms with van der Waals surface area (Å²) >= 11 is 27.7. The minimum atomic E-state index is -0.370. The standard InChI is InChI=1S/C24H30Cl4O4S/c1-5-29-23(30-6-2)11-15-9-19(27)21(13-17(15)25)33-22-14-18(26)16(10-20(22)28)12-24(31-7-3)32-8-4/h9-10,13-14,23-24H,5-8,11-12H2,1-4H3. The molecule has 0 aliphatic rings. The van der Waals surface area contributed by atoms with Gasteiger partial charge in [0.2, 0.25) is 0 Å². The maximum absolute atomic E-state index is 6.58. The van der Waals surface area contributed by atoms with Gasteiger partial charge in [-0.1, -0.05) is 58.2 Å². The first-order valence-electron chi connectivity index (χ1n) is 10.9. The first-order chi connectivity index (χ1) is 15.8. The Morgan fingerprint density at radius 1 is 0.576 bits per heavy atom. The molecule has 0 saturated heterocycles. The van der Waals surface area contributed by atoms with E-state index in [0.29, 0.717) is 59.4 Å². The molecule has 33 heavy (non-hydrogen) atoms. The Hall–Kier alpha value is -0.210. The van der Waals surface area contributed by atoms with Crippen LogP contribution in [0.4, 0.5) is 0 Å². The van der Waals surface area contributed by atoms with Crippen molar-refractivity contribution < 1.29 is 18.9 Å². The van der Waals surface area contributed by atoms with Gasteiger partial charge in [0.05, 0.1) is 10.0 Å². The van der Waals surface area contributed by atoms with E-state index in [1.165, 1.54) is 11.8 Å². The van der Waals surface area contributed by atoms with Crippen molar-refractivity contribution >= 4 is 58.2 Å². The van der Waals surface area contributed by atoms with Crippen molar-refractivity contribution in [1.82, 2.24) is 0 Å². The van der Waals surface area contributed by atoms with Crippen molar-refractivity contribution in [3.63, 3.8) is 0 Å². The molecule has 2 aromatic rings. The minimum Gasteiger partial charge on any atom is -0.353 e. The molecule has 0 N–H and O–H groups in total. The van der Waals surface area contributed by atoms with E-state index in [2.05, 4.69) is 0 Å². The highest BCUT2D eigenvalue weighted by Gasteiger charge is 2.18. The molecule has 0 radical (unpaired) electrons. The second kappa shape index (κ2) is 15.0. The van der Waals surface area contributed by atoms with E-state index in [4.69, 9.17) is 65.4 Å². The maximum Gasteiger partial charge on any atom is 0.161 e. The zero-order valence-electron chi connectivity index (χ0n) is 19.3. The largest absolute Gasteiger partial charge is 0.353 e. The normalized spacial score (nSPS) is 11.7. The van der Waals surface area contributed by atoms with Crippen LogP contribution in [0.25, 0.3) is 0 Å². The minimum absolute atomic E-state index is 0.370. The monoisotopic (exact) mass is 554 g/mol. The Balaban J connectivity index is 2.21. The van der Waals surface area contributed by atoms with Gasteiger partial charge in [-0.3, -0.25) is 0 Å². The number of benzene rings is 2. The Kier molecular flexibility index (Phi) is 13.2. The maximum atomic E-state index is 6.58. The van der Waals surface area contributed by atoms with Gasteiger partial charge in [-0.2, -0.15) is 0 Å². The number of rotatable bonds is 14. The molecule has 0 aromatic heterocycles. The van der Waals surface area contributed by atoms with Gasteiger partial charge in [0.1, 0.15) is 0 Å². The topological polar surface area (TPSA) is 36.9 Å². The quantitative estimate of drug-likeness (QED) is 0.219. The smallest absolute Gasteiger partial charge is 0.161 e. The lowest BCUT2D eigenvalue weighted by atomic mass is 10.1. The summed E-state index contributed by atoms with van der Waals surface area (Å²) in [4.78, 5) is 1.56. The molecular formula is C24H30Cl4O4S. The Morgan fingerprint density at radius 3 is 1.21 bits per heavy atom. The van der Waals surface area contributed by atoms with Crippen LogP contribution in [-0.2, 0) is 31.8 Å². The Labute approximate surface area is 221 Å². The van der Waals surface area contributed by atoms with Gasteiger partial charge < -0.3 is 18.9 Å². The van der Waals surface area contributed by atoms with Crippen molar-refractivity contribution in [2.24, 2.45) is 0 Å². The van der Waals surface area contributed by atoms with Gasteiger partial charge in [-0.25, -0.2) is 0 Å². The molecule has 0 atom stereocenters. The summed E-state index contributed by atoms with van der Waals surface area (Å²) in [5.74, 6) is 0. The van der Waals surface area contributed by atoms with Crippen LogP contribution < -0.4 is 0 Å². The van der Waals surface area contributed by atoms with Crippen LogP contribution in [0.1, 0.15) is 38.8 Å². The van der Waals surface area contributed by atoms with E-state index >= 15 is 0 Å². The molecule has 4 nitrogen and oxygen atoms in total. The van der Waals surface area contributed by atoms with Gasteiger partial charge in [0.25, 0.3) is 0 Å². The lowest BCUT2D eigenvalue weighted by molar-refractivity contribution is -0.134. The molecule has 0 bridgehead atoms. The summed E-state index contributed by atoms with van der Waals surface area (Å²) in [5, 5.41) is 2.30. The summed E-state index contributed by atoms with van der Waals surface area (Å²) in [6, 6.07) is 7.35. The third-order valence-corrected chi connectivity index (χ3v) is 7.27. The van der Waals surface area contributed by atoms with Crippen LogP contribution in [0.15, 0.2) is 34.1 Å². The second-order valence-electron chi connectivity index (χ2n) is 6.94. The van der Waals surface area contributed by atoms with Crippen molar-refractivity contribution in [3.8, 4) is 0 Å². The van der Waals surface area contributed by atoms with Crippen molar-refractivity contribution in [2.45, 2.75) is 62.9 Å². The van der Waals surface area contributed by atoms with Gasteiger partial charge in [-0.15, -0.1) is 0 Å². The highest BCUT2D eigenvalue weighted by Crippen LogP contribution is 2.41. The van der Waals surface area contributed by atoms with Crippen molar-refractivity contribution in [1.29, 1.82) is 0 Å². The molecule has 0 amide bonds. The summed E-state index contributed by atoms with van der Waals surface area (Å²) < 4.78 is 22.5. The Bertz CT molecular complexity index is 814. The molecular weight excluding hydrogens is 526 g/mol. The summed E-state index contributed by atoms with van der Waals surface area (Å²) in [6.45, 7) is 9.90. The van der Waals surface area contributed by atoms with Crippen LogP contribution >= 0.6 is 58.2 Å². The van der Waals surface area contributed by atoms with E-state index in [-0.39, 0.29) is 12.6 Å². The average Bonchev–Trinajstić information content (AvgIpc) is 2.75. The number of hydrogen-bond donors (Lipinski definition) is 0. The van der Waals surface area contributed by atoms with Gasteiger partial charge in [0, 0.05) is 59.1 Å². The highest BCUT2D eigenvalue weighted by atomic mass is 35.5. The first-order valence-corrected chi connectivity index (χ1v) is 13.3. The zero-order valence-corrected chi connectivity index (χ0v) is 23.1. The molecule has 0 saturated carbocycles.